The summed E-state index contributed by atoms with van der Waals surface area (Å²) in [7, 11) is 0. The van der Waals surface area contributed by atoms with Gasteiger partial charge >= 0.3 is 0 Å². The Morgan fingerprint density at radius 2 is 1.90 bits per heavy atom. The summed E-state index contributed by atoms with van der Waals surface area (Å²) in [5.41, 5.74) is 2.36. The second kappa shape index (κ2) is 8.15. The molecule has 0 radical (unpaired) electrons. The number of rotatable bonds is 7. The van der Waals surface area contributed by atoms with Gasteiger partial charge in [0.1, 0.15) is 18.2 Å². The minimum Gasteiger partial charge on any atom is -0.488 e. The number of nitrogens with one attached hydrogen (secondary N) is 1. The average Bonchev–Trinajstić information content (AvgIpc) is 2.48. The van der Waals surface area contributed by atoms with Crippen molar-refractivity contribution >= 4 is 15.9 Å². The van der Waals surface area contributed by atoms with Crippen molar-refractivity contribution in [3.8, 4) is 5.75 Å². The van der Waals surface area contributed by atoms with Crippen molar-refractivity contribution < 1.29 is 9.13 Å². The largest absolute Gasteiger partial charge is 0.488 e. The molecule has 0 bridgehead atoms. The predicted molar refractivity (Wildman–Crippen MR) is 86.9 cm³/mol. The van der Waals surface area contributed by atoms with Gasteiger partial charge in [0.05, 0.1) is 4.47 Å². The fraction of sp³-hybridized carbons (Fsp3) is 0.294. The van der Waals surface area contributed by atoms with Crippen LogP contribution in [0, 0.1) is 5.82 Å². The second-order valence-corrected chi connectivity index (χ2v) is 5.66. The fourth-order valence-corrected chi connectivity index (χ4v) is 2.48. The summed E-state index contributed by atoms with van der Waals surface area (Å²) >= 11 is 3.31. The first-order chi connectivity index (χ1) is 10.2. The Morgan fingerprint density at radius 1 is 1.14 bits per heavy atom. The van der Waals surface area contributed by atoms with Crippen LogP contribution in [0.15, 0.2) is 46.9 Å². The van der Waals surface area contributed by atoms with Crippen molar-refractivity contribution in [1.82, 2.24) is 5.32 Å². The molecular formula is C17H19BrFNO. The lowest BCUT2D eigenvalue weighted by Gasteiger charge is -2.12. The first-order valence-corrected chi connectivity index (χ1v) is 7.85. The zero-order valence-electron chi connectivity index (χ0n) is 12.0. The van der Waals surface area contributed by atoms with Crippen LogP contribution in [0.4, 0.5) is 4.39 Å². The molecule has 0 saturated carbocycles. The van der Waals surface area contributed by atoms with Crippen LogP contribution in [-0.4, -0.2) is 6.54 Å². The van der Waals surface area contributed by atoms with Crippen LogP contribution in [0.5, 0.6) is 5.75 Å². The molecule has 2 rings (SSSR count). The summed E-state index contributed by atoms with van der Waals surface area (Å²) in [6.07, 6.45) is 1.11. The van der Waals surface area contributed by atoms with Crippen molar-refractivity contribution in [1.29, 1.82) is 0 Å². The van der Waals surface area contributed by atoms with Gasteiger partial charge in [-0.25, -0.2) is 4.39 Å². The van der Waals surface area contributed by atoms with E-state index in [1.54, 1.807) is 6.07 Å². The molecule has 0 aliphatic heterocycles. The Labute approximate surface area is 133 Å². The molecule has 0 heterocycles. The first kappa shape index (κ1) is 16.0. The maximum atomic E-state index is 13.1. The van der Waals surface area contributed by atoms with E-state index in [1.807, 2.05) is 12.1 Å². The van der Waals surface area contributed by atoms with Crippen LogP contribution in [0.1, 0.15) is 24.5 Å². The van der Waals surface area contributed by atoms with Crippen LogP contribution in [0.3, 0.4) is 0 Å². The topological polar surface area (TPSA) is 21.3 Å². The number of halogens is 2. The van der Waals surface area contributed by atoms with E-state index >= 15 is 0 Å². The van der Waals surface area contributed by atoms with Crippen molar-refractivity contribution in [3.63, 3.8) is 0 Å². The van der Waals surface area contributed by atoms with Gasteiger partial charge in [0.15, 0.2) is 0 Å². The minimum atomic E-state index is -0.279. The Bertz CT molecular complexity index is 589. The molecular weight excluding hydrogens is 333 g/mol. The lowest BCUT2D eigenvalue weighted by atomic mass is 10.1. The SMILES string of the molecule is CCCNCc1ccccc1COc1ccc(F)cc1Br. The average molecular weight is 352 g/mol. The zero-order valence-corrected chi connectivity index (χ0v) is 13.6. The van der Waals surface area contributed by atoms with E-state index in [0.717, 1.165) is 25.1 Å². The highest BCUT2D eigenvalue weighted by Crippen LogP contribution is 2.26. The van der Waals surface area contributed by atoms with Gasteiger partial charge in [-0.15, -0.1) is 0 Å². The van der Waals surface area contributed by atoms with Crippen molar-refractivity contribution in [3.05, 3.63) is 63.9 Å². The molecule has 0 fully saturated rings. The predicted octanol–water partition coefficient (Wildman–Crippen LogP) is 4.67. The number of hydrogen-bond acceptors (Lipinski definition) is 2. The molecule has 1 N–H and O–H groups in total. The standard InChI is InChI=1S/C17H19BrFNO/c1-2-9-20-11-13-5-3-4-6-14(13)12-21-17-8-7-15(19)10-16(17)18/h3-8,10,20H,2,9,11-12H2,1H3. The Balaban J connectivity index is 2.02. The van der Waals surface area contributed by atoms with Crippen LogP contribution >= 0.6 is 15.9 Å². The van der Waals surface area contributed by atoms with Crippen molar-refractivity contribution in [2.75, 3.05) is 6.54 Å². The molecule has 0 amide bonds. The molecule has 0 saturated heterocycles. The van der Waals surface area contributed by atoms with Gasteiger partial charge in [0.2, 0.25) is 0 Å². The smallest absolute Gasteiger partial charge is 0.134 e. The normalized spacial score (nSPS) is 10.6. The highest BCUT2D eigenvalue weighted by molar-refractivity contribution is 9.10. The quantitative estimate of drug-likeness (QED) is 0.732. The van der Waals surface area contributed by atoms with Gasteiger partial charge in [-0.1, -0.05) is 31.2 Å². The Kier molecular flexibility index (Phi) is 6.21. The van der Waals surface area contributed by atoms with E-state index in [-0.39, 0.29) is 5.82 Å². The van der Waals surface area contributed by atoms with Gasteiger partial charge in [0.25, 0.3) is 0 Å². The number of hydrogen-bond donors (Lipinski definition) is 1. The third-order valence-electron chi connectivity index (χ3n) is 3.14. The Hall–Kier alpha value is -1.39. The molecule has 0 spiro atoms. The summed E-state index contributed by atoms with van der Waals surface area (Å²) < 4.78 is 19.5. The highest BCUT2D eigenvalue weighted by Gasteiger charge is 2.06. The van der Waals surface area contributed by atoms with E-state index in [9.17, 15) is 4.39 Å². The second-order valence-electron chi connectivity index (χ2n) is 4.81. The molecule has 0 aromatic heterocycles. The summed E-state index contributed by atoms with van der Waals surface area (Å²) in [5, 5.41) is 3.39. The molecule has 2 aromatic carbocycles. The molecule has 2 aromatic rings. The van der Waals surface area contributed by atoms with E-state index in [0.29, 0.717) is 16.8 Å². The highest BCUT2D eigenvalue weighted by atomic mass is 79.9. The summed E-state index contributed by atoms with van der Waals surface area (Å²) in [5.74, 6) is 0.367. The molecule has 0 aliphatic rings. The van der Waals surface area contributed by atoms with Crippen molar-refractivity contribution in [2.24, 2.45) is 0 Å². The maximum absolute atomic E-state index is 13.1. The molecule has 112 valence electrons. The monoisotopic (exact) mass is 351 g/mol. The van der Waals surface area contributed by atoms with E-state index in [1.165, 1.54) is 17.7 Å². The van der Waals surface area contributed by atoms with E-state index < -0.39 is 0 Å². The maximum Gasteiger partial charge on any atom is 0.134 e. The number of benzene rings is 2. The van der Waals surface area contributed by atoms with Crippen LogP contribution in [0.2, 0.25) is 0 Å². The third kappa shape index (κ3) is 4.83. The molecule has 0 unspecified atom stereocenters. The van der Waals surface area contributed by atoms with Gasteiger partial charge < -0.3 is 10.1 Å². The molecule has 0 atom stereocenters. The summed E-state index contributed by atoms with van der Waals surface area (Å²) in [6, 6.07) is 12.6. The van der Waals surface area contributed by atoms with E-state index in [2.05, 4.69) is 40.3 Å². The lowest BCUT2D eigenvalue weighted by Crippen LogP contribution is -2.15. The zero-order chi connectivity index (χ0) is 15.1. The van der Waals surface area contributed by atoms with Gasteiger partial charge in [-0.05, 0) is 58.2 Å². The number of ether oxygens (including phenoxy) is 1. The fourth-order valence-electron chi connectivity index (χ4n) is 2.02. The third-order valence-corrected chi connectivity index (χ3v) is 3.76. The summed E-state index contributed by atoms with van der Waals surface area (Å²) in [6.45, 7) is 4.44. The van der Waals surface area contributed by atoms with E-state index in [4.69, 9.17) is 4.74 Å². The summed E-state index contributed by atoms with van der Waals surface area (Å²) in [4.78, 5) is 0. The lowest BCUT2D eigenvalue weighted by molar-refractivity contribution is 0.302. The van der Waals surface area contributed by atoms with Crippen LogP contribution in [-0.2, 0) is 13.2 Å². The van der Waals surface area contributed by atoms with Crippen molar-refractivity contribution in [2.45, 2.75) is 26.5 Å². The van der Waals surface area contributed by atoms with Crippen LogP contribution < -0.4 is 10.1 Å². The van der Waals surface area contributed by atoms with Gasteiger partial charge in [-0.2, -0.15) is 0 Å². The molecule has 21 heavy (non-hydrogen) atoms. The molecule has 2 nitrogen and oxygen atoms in total. The molecule has 4 heteroatoms. The molecule has 0 aliphatic carbocycles. The Morgan fingerprint density at radius 3 is 2.62 bits per heavy atom. The minimum absolute atomic E-state index is 0.279. The van der Waals surface area contributed by atoms with Gasteiger partial charge in [-0.3, -0.25) is 0 Å². The van der Waals surface area contributed by atoms with Gasteiger partial charge in [0, 0.05) is 6.54 Å². The van der Waals surface area contributed by atoms with Crippen LogP contribution in [0.25, 0.3) is 0 Å². The first-order valence-electron chi connectivity index (χ1n) is 7.06.